The van der Waals surface area contributed by atoms with E-state index >= 15 is 0 Å². The van der Waals surface area contributed by atoms with Gasteiger partial charge in [-0.1, -0.05) is 0 Å². The van der Waals surface area contributed by atoms with Crippen molar-refractivity contribution in [2.45, 2.75) is 12.8 Å². The van der Waals surface area contributed by atoms with Crippen molar-refractivity contribution in [3.63, 3.8) is 0 Å². The van der Waals surface area contributed by atoms with Crippen molar-refractivity contribution in [1.82, 2.24) is 0 Å². The summed E-state index contributed by atoms with van der Waals surface area (Å²) in [4.78, 5) is 0. The molecule has 0 amide bonds. The summed E-state index contributed by atoms with van der Waals surface area (Å²) in [5.74, 6) is 5.01. The highest BCUT2D eigenvalue weighted by molar-refractivity contribution is 4.83. The zero-order valence-corrected chi connectivity index (χ0v) is 10.9. The van der Waals surface area contributed by atoms with Gasteiger partial charge in [-0.3, -0.25) is 0 Å². The van der Waals surface area contributed by atoms with E-state index in [9.17, 15) is 0 Å². The molecule has 0 fully saturated rings. The Bertz CT molecular complexity index is 213. The average Bonchev–Trinajstić information content (AvgIpc) is 2.39. The van der Waals surface area contributed by atoms with Gasteiger partial charge < -0.3 is 18.9 Å². The van der Waals surface area contributed by atoms with Crippen LogP contribution in [0.2, 0.25) is 0 Å². The van der Waals surface area contributed by atoms with Gasteiger partial charge in [-0.2, -0.15) is 0 Å². The lowest BCUT2D eigenvalue weighted by Gasteiger charge is -2.06. The highest BCUT2D eigenvalue weighted by Crippen LogP contribution is 1.85. The van der Waals surface area contributed by atoms with E-state index in [0.29, 0.717) is 65.7 Å². The van der Waals surface area contributed by atoms with Crippen LogP contribution in [0.5, 0.6) is 0 Å². The lowest BCUT2D eigenvalue weighted by molar-refractivity contribution is -0.000619. The van der Waals surface area contributed by atoms with Crippen molar-refractivity contribution in [2.24, 2.45) is 0 Å². The fourth-order valence-electron chi connectivity index (χ4n) is 1.02. The van der Waals surface area contributed by atoms with Crippen molar-refractivity contribution in [3.05, 3.63) is 0 Å². The molecule has 0 bridgehead atoms. The van der Waals surface area contributed by atoms with Crippen molar-refractivity contribution >= 4 is 0 Å². The minimum atomic E-state index is 0.558. The first-order valence-corrected chi connectivity index (χ1v) is 6.09. The number of hydrogen-bond donors (Lipinski definition) is 0. The monoisotopic (exact) mass is 254 g/mol. The van der Waals surface area contributed by atoms with Crippen LogP contribution in [0.1, 0.15) is 12.8 Å². The Kier molecular flexibility index (Phi) is 15.0. The summed E-state index contributed by atoms with van der Waals surface area (Å²) in [6.45, 7) is 4.55. The Morgan fingerprint density at radius 1 is 0.500 bits per heavy atom. The molecule has 0 aromatic carbocycles. The molecule has 0 heterocycles. The molecule has 0 N–H and O–H groups in total. The van der Waals surface area contributed by atoms with Crippen molar-refractivity contribution in [3.8, 4) is 24.7 Å². The van der Waals surface area contributed by atoms with Gasteiger partial charge in [-0.25, -0.2) is 0 Å². The maximum atomic E-state index is 5.29. The Morgan fingerprint density at radius 2 is 0.778 bits per heavy atom. The SMILES string of the molecule is C#CCCOCCOCCOCCOCCC#C. The summed E-state index contributed by atoms with van der Waals surface area (Å²) in [7, 11) is 0. The minimum Gasteiger partial charge on any atom is -0.378 e. The van der Waals surface area contributed by atoms with Gasteiger partial charge in [0, 0.05) is 12.8 Å². The van der Waals surface area contributed by atoms with E-state index < -0.39 is 0 Å². The van der Waals surface area contributed by atoms with Crippen LogP contribution in [0.15, 0.2) is 0 Å². The third kappa shape index (κ3) is 15.0. The van der Waals surface area contributed by atoms with Crippen LogP contribution in [-0.2, 0) is 18.9 Å². The van der Waals surface area contributed by atoms with Gasteiger partial charge in [0.05, 0.1) is 52.9 Å². The van der Waals surface area contributed by atoms with Crippen molar-refractivity contribution in [1.29, 1.82) is 0 Å². The molecule has 0 aliphatic carbocycles. The third-order valence-electron chi connectivity index (χ3n) is 1.90. The molecule has 0 radical (unpaired) electrons. The first-order valence-electron chi connectivity index (χ1n) is 6.09. The summed E-state index contributed by atoms with van der Waals surface area (Å²) < 4.78 is 21.0. The van der Waals surface area contributed by atoms with E-state index in [2.05, 4.69) is 11.8 Å². The Labute approximate surface area is 110 Å². The highest BCUT2D eigenvalue weighted by Gasteiger charge is 1.91. The molecule has 0 saturated heterocycles. The van der Waals surface area contributed by atoms with E-state index in [1.807, 2.05) is 0 Å². The molecule has 4 nitrogen and oxygen atoms in total. The number of ether oxygens (including phenoxy) is 4. The molecule has 0 aromatic heterocycles. The lowest BCUT2D eigenvalue weighted by Crippen LogP contribution is -2.12. The Hall–Kier alpha value is -1.04. The normalized spacial score (nSPS) is 9.89. The second-order valence-electron chi connectivity index (χ2n) is 3.36. The van der Waals surface area contributed by atoms with E-state index in [1.54, 1.807) is 0 Å². The summed E-state index contributed by atoms with van der Waals surface area (Å²) in [5.41, 5.74) is 0. The average molecular weight is 254 g/mol. The molecular weight excluding hydrogens is 232 g/mol. The Balaban J connectivity index is 2.91. The molecule has 0 atom stereocenters. The molecule has 4 heteroatoms. The fraction of sp³-hybridized carbons (Fsp3) is 0.714. The quantitative estimate of drug-likeness (QED) is 0.364. The van der Waals surface area contributed by atoms with Crippen molar-refractivity contribution < 1.29 is 18.9 Å². The van der Waals surface area contributed by atoms with Crippen LogP contribution in [0.25, 0.3) is 0 Å². The van der Waals surface area contributed by atoms with Crippen LogP contribution >= 0.6 is 0 Å². The molecule has 0 aliphatic heterocycles. The number of hydrogen-bond acceptors (Lipinski definition) is 4. The maximum absolute atomic E-state index is 5.29. The predicted molar refractivity (Wildman–Crippen MR) is 70.2 cm³/mol. The van der Waals surface area contributed by atoms with Gasteiger partial charge in [0.15, 0.2) is 0 Å². The van der Waals surface area contributed by atoms with E-state index in [1.165, 1.54) is 0 Å². The molecule has 0 rings (SSSR count). The minimum absolute atomic E-state index is 0.558. The van der Waals surface area contributed by atoms with Crippen LogP contribution in [-0.4, -0.2) is 52.9 Å². The molecule has 0 saturated carbocycles. The molecule has 102 valence electrons. The van der Waals surface area contributed by atoms with E-state index in [4.69, 9.17) is 31.8 Å². The van der Waals surface area contributed by atoms with Crippen LogP contribution in [0, 0.1) is 24.7 Å². The third-order valence-corrected chi connectivity index (χ3v) is 1.90. The van der Waals surface area contributed by atoms with Gasteiger partial charge in [-0.05, 0) is 0 Å². The smallest absolute Gasteiger partial charge is 0.0701 e. The second-order valence-corrected chi connectivity index (χ2v) is 3.36. The molecular formula is C14H22O4. The summed E-state index contributed by atoms with van der Waals surface area (Å²) >= 11 is 0. The van der Waals surface area contributed by atoms with Gasteiger partial charge in [0.25, 0.3) is 0 Å². The second kappa shape index (κ2) is 16.0. The predicted octanol–water partition coefficient (Wildman–Crippen LogP) is 1.10. The zero-order chi connectivity index (χ0) is 13.3. The van der Waals surface area contributed by atoms with Crippen LogP contribution in [0.4, 0.5) is 0 Å². The van der Waals surface area contributed by atoms with E-state index in [-0.39, 0.29) is 0 Å². The lowest BCUT2D eigenvalue weighted by atomic mass is 10.5. The van der Waals surface area contributed by atoms with Crippen LogP contribution < -0.4 is 0 Å². The first-order chi connectivity index (χ1) is 8.91. The molecule has 0 aromatic rings. The first kappa shape index (κ1) is 17.0. The van der Waals surface area contributed by atoms with Gasteiger partial charge in [0.1, 0.15) is 0 Å². The van der Waals surface area contributed by atoms with E-state index in [0.717, 1.165) is 0 Å². The standard InChI is InChI=1S/C14H22O4/c1-3-5-7-15-9-11-17-13-14-18-12-10-16-8-6-4-2/h1-2H,5-14H2. The summed E-state index contributed by atoms with van der Waals surface area (Å²) in [5, 5.41) is 0. The van der Waals surface area contributed by atoms with Gasteiger partial charge >= 0.3 is 0 Å². The van der Waals surface area contributed by atoms with Crippen LogP contribution in [0.3, 0.4) is 0 Å². The molecule has 0 unspecified atom stereocenters. The highest BCUT2D eigenvalue weighted by atomic mass is 16.6. The molecule has 18 heavy (non-hydrogen) atoms. The van der Waals surface area contributed by atoms with Crippen molar-refractivity contribution in [2.75, 3.05) is 52.9 Å². The maximum Gasteiger partial charge on any atom is 0.0701 e. The topological polar surface area (TPSA) is 36.9 Å². The van der Waals surface area contributed by atoms with Gasteiger partial charge in [-0.15, -0.1) is 24.7 Å². The summed E-state index contributed by atoms with van der Waals surface area (Å²) in [6, 6.07) is 0. The van der Waals surface area contributed by atoms with Gasteiger partial charge in [0.2, 0.25) is 0 Å². The largest absolute Gasteiger partial charge is 0.378 e. The number of terminal acetylenes is 2. The fourth-order valence-corrected chi connectivity index (χ4v) is 1.02. The molecule has 0 aliphatic rings. The molecule has 0 spiro atoms. The number of rotatable bonds is 13. The summed E-state index contributed by atoms with van der Waals surface area (Å²) in [6.07, 6.45) is 11.4. The zero-order valence-electron chi connectivity index (χ0n) is 10.9. The Morgan fingerprint density at radius 3 is 1.06 bits per heavy atom.